The van der Waals surface area contributed by atoms with Crippen LogP contribution in [0.2, 0.25) is 0 Å². The summed E-state index contributed by atoms with van der Waals surface area (Å²) in [4.78, 5) is 13.2. The van der Waals surface area contributed by atoms with Gasteiger partial charge in [0, 0.05) is 25.6 Å². The van der Waals surface area contributed by atoms with Crippen LogP contribution in [0.1, 0.15) is 33.1 Å². The second-order valence-corrected chi connectivity index (χ2v) is 5.44. The van der Waals surface area contributed by atoms with Crippen molar-refractivity contribution in [1.82, 2.24) is 4.90 Å². The van der Waals surface area contributed by atoms with Crippen molar-refractivity contribution >= 4 is 5.91 Å². The van der Waals surface area contributed by atoms with Crippen LogP contribution in [0, 0.1) is 11.3 Å². The van der Waals surface area contributed by atoms with E-state index in [9.17, 15) is 4.79 Å². The fraction of sp³-hybridized carbons (Fsp3) is 0.909. The highest BCUT2D eigenvalue weighted by molar-refractivity contribution is 5.74. The Morgan fingerprint density at radius 2 is 2.07 bits per heavy atom. The summed E-state index contributed by atoms with van der Waals surface area (Å²) in [6, 6.07) is 0.677. The van der Waals surface area contributed by atoms with Gasteiger partial charge in [-0.2, -0.15) is 0 Å². The third kappa shape index (κ3) is 1.65. The topological polar surface area (TPSA) is 46.3 Å². The molecule has 0 aromatic rings. The lowest BCUT2D eigenvalue weighted by molar-refractivity contribution is -0.129. The molecule has 1 aliphatic heterocycles. The minimum Gasteiger partial charge on any atom is -0.370 e. The van der Waals surface area contributed by atoms with E-state index in [1.54, 1.807) is 0 Å². The summed E-state index contributed by atoms with van der Waals surface area (Å²) < 4.78 is 0. The van der Waals surface area contributed by atoms with Gasteiger partial charge in [0.05, 0.1) is 0 Å². The number of nitrogens with two attached hydrogens (primary N) is 1. The molecule has 2 N–H and O–H groups in total. The average Bonchev–Trinajstić information content (AvgIpc) is 1.89. The zero-order chi connectivity index (χ0) is 10.3. The molecule has 1 saturated carbocycles. The van der Waals surface area contributed by atoms with Crippen molar-refractivity contribution in [2.24, 2.45) is 17.1 Å². The van der Waals surface area contributed by atoms with Gasteiger partial charge in [-0.1, -0.05) is 0 Å². The minimum absolute atomic E-state index is 0.134. The molecule has 0 unspecified atom stereocenters. The van der Waals surface area contributed by atoms with Crippen molar-refractivity contribution in [3.63, 3.8) is 0 Å². The number of nitrogens with zero attached hydrogens (tertiary/aromatic N) is 1. The van der Waals surface area contributed by atoms with E-state index in [0.29, 0.717) is 23.8 Å². The summed E-state index contributed by atoms with van der Waals surface area (Å²) in [7, 11) is 0. The summed E-state index contributed by atoms with van der Waals surface area (Å²) in [6.45, 7) is 6.96. The van der Waals surface area contributed by atoms with E-state index in [1.807, 2.05) is 0 Å². The molecule has 1 amide bonds. The SMILES string of the molecule is CC(C)N1CC2(CC(CC(N)=O)C2)C1. The fourth-order valence-electron chi connectivity index (χ4n) is 3.03. The van der Waals surface area contributed by atoms with Crippen molar-refractivity contribution in [2.45, 2.75) is 39.2 Å². The number of rotatable bonds is 3. The molecule has 3 nitrogen and oxygen atoms in total. The zero-order valence-corrected chi connectivity index (χ0v) is 9.12. The summed E-state index contributed by atoms with van der Waals surface area (Å²) in [5.41, 5.74) is 5.75. The van der Waals surface area contributed by atoms with Gasteiger partial charge in [0.25, 0.3) is 0 Å². The predicted molar refractivity (Wildman–Crippen MR) is 55.7 cm³/mol. The minimum atomic E-state index is -0.134. The molecule has 1 aliphatic carbocycles. The van der Waals surface area contributed by atoms with Crippen LogP contribution in [-0.2, 0) is 4.79 Å². The van der Waals surface area contributed by atoms with Crippen molar-refractivity contribution in [3.05, 3.63) is 0 Å². The molecule has 1 spiro atoms. The third-order valence-electron chi connectivity index (χ3n) is 3.74. The Hall–Kier alpha value is -0.570. The van der Waals surface area contributed by atoms with E-state index in [0.717, 1.165) is 0 Å². The van der Waals surface area contributed by atoms with E-state index < -0.39 is 0 Å². The lowest BCUT2D eigenvalue weighted by Crippen LogP contribution is -2.64. The van der Waals surface area contributed by atoms with Gasteiger partial charge in [0.1, 0.15) is 0 Å². The number of likely N-dealkylation sites (tertiary alicyclic amines) is 1. The second kappa shape index (κ2) is 3.23. The van der Waals surface area contributed by atoms with Crippen molar-refractivity contribution in [1.29, 1.82) is 0 Å². The first kappa shape index (κ1) is 9.97. The maximum Gasteiger partial charge on any atom is 0.217 e. The Labute approximate surface area is 85.6 Å². The molecule has 3 heteroatoms. The molecule has 2 rings (SSSR count). The highest BCUT2D eigenvalue weighted by Crippen LogP contribution is 2.53. The molecular weight excluding hydrogens is 176 g/mol. The molecule has 0 aromatic carbocycles. The first-order chi connectivity index (χ1) is 6.51. The van der Waals surface area contributed by atoms with E-state index in [-0.39, 0.29) is 5.91 Å². The predicted octanol–water partition coefficient (Wildman–Crippen LogP) is 0.982. The maximum absolute atomic E-state index is 10.7. The number of amides is 1. The Balaban J connectivity index is 1.72. The van der Waals surface area contributed by atoms with Crippen LogP contribution in [0.15, 0.2) is 0 Å². The van der Waals surface area contributed by atoms with E-state index in [2.05, 4.69) is 18.7 Å². The molecule has 0 aromatic heterocycles. The summed E-state index contributed by atoms with van der Waals surface area (Å²) in [5.74, 6) is 0.451. The van der Waals surface area contributed by atoms with Gasteiger partial charge in [0.15, 0.2) is 0 Å². The molecule has 0 bridgehead atoms. The van der Waals surface area contributed by atoms with Crippen LogP contribution in [-0.4, -0.2) is 29.9 Å². The Morgan fingerprint density at radius 1 is 1.50 bits per heavy atom. The van der Waals surface area contributed by atoms with Crippen LogP contribution in [0.5, 0.6) is 0 Å². The van der Waals surface area contributed by atoms with Crippen LogP contribution >= 0.6 is 0 Å². The standard InChI is InChI=1S/C11H20N2O/c1-8(2)13-6-11(7-13)4-9(5-11)3-10(12)14/h8-9H,3-7H2,1-2H3,(H2,12,14). The first-order valence-corrected chi connectivity index (χ1v) is 5.53. The molecule has 1 heterocycles. The quantitative estimate of drug-likeness (QED) is 0.731. The van der Waals surface area contributed by atoms with Crippen LogP contribution in [0.3, 0.4) is 0 Å². The fourth-order valence-corrected chi connectivity index (χ4v) is 3.03. The van der Waals surface area contributed by atoms with E-state index >= 15 is 0 Å². The molecule has 14 heavy (non-hydrogen) atoms. The van der Waals surface area contributed by atoms with Gasteiger partial charge in [-0.25, -0.2) is 0 Å². The third-order valence-corrected chi connectivity index (χ3v) is 3.74. The lowest BCUT2D eigenvalue weighted by atomic mass is 9.56. The van der Waals surface area contributed by atoms with Gasteiger partial charge in [-0.05, 0) is 38.0 Å². The van der Waals surface area contributed by atoms with Gasteiger partial charge in [0.2, 0.25) is 5.91 Å². The summed E-state index contributed by atoms with van der Waals surface area (Å²) in [5, 5.41) is 0. The van der Waals surface area contributed by atoms with E-state index in [1.165, 1.54) is 25.9 Å². The normalized spacial score (nSPS) is 26.2. The van der Waals surface area contributed by atoms with Gasteiger partial charge < -0.3 is 5.73 Å². The number of hydrogen-bond donors (Lipinski definition) is 1. The zero-order valence-electron chi connectivity index (χ0n) is 9.12. The molecule has 2 aliphatic rings. The van der Waals surface area contributed by atoms with Gasteiger partial charge in [-0.3, -0.25) is 9.69 Å². The summed E-state index contributed by atoms with van der Waals surface area (Å²) >= 11 is 0. The van der Waals surface area contributed by atoms with Crippen molar-refractivity contribution in [2.75, 3.05) is 13.1 Å². The monoisotopic (exact) mass is 196 g/mol. The summed E-state index contributed by atoms with van der Waals surface area (Å²) in [6.07, 6.45) is 3.04. The highest BCUT2D eigenvalue weighted by Gasteiger charge is 2.52. The van der Waals surface area contributed by atoms with E-state index in [4.69, 9.17) is 5.73 Å². The molecule has 0 radical (unpaired) electrons. The molecule has 1 saturated heterocycles. The van der Waals surface area contributed by atoms with Crippen LogP contribution in [0.4, 0.5) is 0 Å². The molecule has 0 atom stereocenters. The average molecular weight is 196 g/mol. The second-order valence-electron chi connectivity index (χ2n) is 5.44. The number of carbonyl (C=O) groups is 1. The lowest BCUT2D eigenvalue weighted by Gasteiger charge is -2.60. The Kier molecular flexibility index (Phi) is 2.30. The number of hydrogen-bond acceptors (Lipinski definition) is 2. The molecular formula is C11H20N2O. The van der Waals surface area contributed by atoms with Gasteiger partial charge >= 0.3 is 0 Å². The molecule has 80 valence electrons. The number of carbonyl (C=O) groups excluding carboxylic acids is 1. The molecule has 2 fully saturated rings. The first-order valence-electron chi connectivity index (χ1n) is 5.53. The van der Waals surface area contributed by atoms with Crippen molar-refractivity contribution in [3.8, 4) is 0 Å². The maximum atomic E-state index is 10.7. The highest BCUT2D eigenvalue weighted by atomic mass is 16.1. The van der Waals surface area contributed by atoms with Crippen LogP contribution < -0.4 is 5.73 Å². The van der Waals surface area contributed by atoms with Crippen LogP contribution in [0.25, 0.3) is 0 Å². The Bertz CT molecular complexity index is 236. The largest absolute Gasteiger partial charge is 0.370 e. The smallest absolute Gasteiger partial charge is 0.217 e. The van der Waals surface area contributed by atoms with Crippen molar-refractivity contribution < 1.29 is 4.79 Å². The van der Waals surface area contributed by atoms with Gasteiger partial charge in [-0.15, -0.1) is 0 Å². The Morgan fingerprint density at radius 3 is 2.50 bits per heavy atom. The number of primary amides is 1.